The van der Waals surface area contributed by atoms with Gasteiger partial charge in [0.15, 0.2) is 11.3 Å². The van der Waals surface area contributed by atoms with Crippen molar-refractivity contribution in [2.75, 3.05) is 5.32 Å². The summed E-state index contributed by atoms with van der Waals surface area (Å²) in [7, 11) is 1.70. The van der Waals surface area contributed by atoms with Crippen molar-refractivity contribution >= 4 is 22.8 Å². The number of pyridine rings is 1. The second kappa shape index (κ2) is 6.93. The van der Waals surface area contributed by atoms with Crippen LogP contribution < -0.4 is 10.9 Å². The number of piperidine rings is 1. The molecule has 9 nitrogen and oxygen atoms in total. The summed E-state index contributed by atoms with van der Waals surface area (Å²) in [6.07, 6.45) is 6.79. The molecule has 1 amide bonds. The van der Waals surface area contributed by atoms with Crippen LogP contribution in [0.15, 0.2) is 27.8 Å². The zero-order valence-electron chi connectivity index (χ0n) is 17.3. The molecule has 1 unspecified atom stereocenters. The van der Waals surface area contributed by atoms with Crippen LogP contribution in [-0.2, 0) is 7.05 Å². The lowest BCUT2D eigenvalue weighted by atomic mass is 9.96. The van der Waals surface area contributed by atoms with Crippen molar-refractivity contribution in [1.29, 1.82) is 0 Å². The van der Waals surface area contributed by atoms with Crippen LogP contribution in [0.25, 0.3) is 11.2 Å². The number of aryl methyl sites for hydroxylation is 2. The van der Waals surface area contributed by atoms with Gasteiger partial charge in [0.25, 0.3) is 11.5 Å². The minimum absolute atomic E-state index is 0.0415. The van der Waals surface area contributed by atoms with Crippen LogP contribution in [0.4, 0.5) is 5.69 Å². The van der Waals surface area contributed by atoms with Crippen molar-refractivity contribution in [3.8, 4) is 0 Å². The smallest absolute Gasteiger partial charge is 0.276 e. The highest BCUT2D eigenvalue weighted by Crippen LogP contribution is 2.38. The number of hydrogen-bond acceptors (Lipinski definition) is 7. The van der Waals surface area contributed by atoms with E-state index < -0.39 is 0 Å². The fourth-order valence-corrected chi connectivity index (χ4v) is 4.86. The highest BCUT2D eigenvalue weighted by molar-refractivity contribution is 5.94. The lowest BCUT2D eigenvalue weighted by Crippen LogP contribution is -2.50. The normalized spacial score (nSPS) is 23.2. The highest BCUT2D eigenvalue weighted by atomic mass is 16.5. The monoisotopic (exact) mass is 408 g/mol. The van der Waals surface area contributed by atoms with Crippen LogP contribution in [0, 0.1) is 13.8 Å². The number of aromatic nitrogens is 4. The van der Waals surface area contributed by atoms with Gasteiger partial charge in [-0.3, -0.25) is 14.2 Å². The Morgan fingerprint density at radius 1 is 1.17 bits per heavy atom. The first-order valence-corrected chi connectivity index (χ1v) is 10.3. The Hall–Kier alpha value is -3.23. The maximum absolute atomic E-state index is 13.1. The zero-order valence-corrected chi connectivity index (χ0v) is 17.3. The van der Waals surface area contributed by atoms with Gasteiger partial charge in [-0.15, -0.1) is 0 Å². The van der Waals surface area contributed by atoms with Crippen molar-refractivity contribution in [2.45, 2.75) is 57.7 Å². The Bertz CT molecular complexity index is 1190. The lowest BCUT2D eigenvalue weighted by molar-refractivity contribution is 0.0571. The second-order valence-corrected chi connectivity index (χ2v) is 8.31. The van der Waals surface area contributed by atoms with Crippen LogP contribution in [0.3, 0.4) is 0 Å². The van der Waals surface area contributed by atoms with Crippen molar-refractivity contribution in [3.05, 3.63) is 45.8 Å². The molecular weight excluding hydrogens is 384 g/mol. The number of amides is 1. The van der Waals surface area contributed by atoms with Crippen molar-refractivity contribution in [3.63, 3.8) is 0 Å². The summed E-state index contributed by atoms with van der Waals surface area (Å²) in [5.41, 5.74) is 3.04. The maximum atomic E-state index is 13.1. The summed E-state index contributed by atoms with van der Waals surface area (Å²) >= 11 is 0. The molecule has 2 saturated heterocycles. The molecule has 30 heavy (non-hydrogen) atoms. The average molecular weight is 408 g/mol. The van der Waals surface area contributed by atoms with Gasteiger partial charge >= 0.3 is 0 Å². The third-order valence-corrected chi connectivity index (χ3v) is 6.54. The first-order chi connectivity index (χ1) is 14.4. The van der Waals surface area contributed by atoms with E-state index in [9.17, 15) is 9.59 Å². The molecular formula is C21H24N6O3. The second-order valence-electron chi connectivity index (χ2n) is 8.31. The van der Waals surface area contributed by atoms with Crippen LogP contribution in [0.2, 0.25) is 0 Å². The average Bonchev–Trinajstić information content (AvgIpc) is 3.21. The molecule has 0 radical (unpaired) electrons. The molecule has 0 spiro atoms. The van der Waals surface area contributed by atoms with Gasteiger partial charge in [-0.2, -0.15) is 0 Å². The predicted octanol–water partition coefficient (Wildman–Crippen LogP) is 2.18. The molecule has 156 valence electrons. The van der Waals surface area contributed by atoms with Gasteiger partial charge in [0.1, 0.15) is 11.3 Å². The van der Waals surface area contributed by atoms with E-state index in [1.54, 1.807) is 25.5 Å². The van der Waals surface area contributed by atoms with Crippen molar-refractivity contribution in [2.24, 2.45) is 7.05 Å². The van der Waals surface area contributed by atoms with Gasteiger partial charge in [-0.1, -0.05) is 5.16 Å². The molecule has 0 aromatic carbocycles. The Balaban J connectivity index is 1.39. The van der Waals surface area contributed by atoms with E-state index in [0.717, 1.165) is 31.2 Å². The summed E-state index contributed by atoms with van der Waals surface area (Å²) < 4.78 is 6.71. The number of hydrogen-bond donors (Lipinski definition) is 1. The number of rotatable bonds is 3. The quantitative estimate of drug-likeness (QED) is 0.708. The van der Waals surface area contributed by atoms with Crippen LogP contribution in [0.5, 0.6) is 0 Å². The first-order valence-electron chi connectivity index (χ1n) is 10.3. The Kier molecular flexibility index (Phi) is 4.34. The fraction of sp³-hybridized carbons (Fsp3) is 0.476. The molecule has 0 aliphatic carbocycles. The topological polar surface area (TPSA) is 106 Å². The molecule has 2 aliphatic heterocycles. The summed E-state index contributed by atoms with van der Waals surface area (Å²) in [5.74, 6) is 0.640. The summed E-state index contributed by atoms with van der Waals surface area (Å²) in [6, 6.07) is 2.03. The van der Waals surface area contributed by atoms with E-state index in [4.69, 9.17) is 4.52 Å². The molecule has 5 heterocycles. The number of nitrogens with zero attached hydrogens (tertiary/aromatic N) is 5. The van der Waals surface area contributed by atoms with E-state index in [1.807, 2.05) is 18.7 Å². The minimum atomic E-state index is -0.127. The molecule has 5 rings (SSSR count). The molecule has 3 aromatic rings. The van der Waals surface area contributed by atoms with Crippen LogP contribution in [-0.4, -0.2) is 48.6 Å². The van der Waals surface area contributed by atoms with Gasteiger partial charge in [-0.05, 0) is 39.5 Å². The maximum Gasteiger partial charge on any atom is 0.276 e. The Morgan fingerprint density at radius 2 is 1.87 bits per heavy atom. The number of nitrogens with one attached hydrogen (secondary N) is 1. The Morgan fingerprint density at radius 3 is 2.53 bits per heavy atom. The molecule has 2 bridgehead atoms. The van der Waals surface area contributed by atoms with E-state index in [0.29, 0.717) is 28.3 Å². The van der Waals surface area contributed by atoms with E-state index in [1.165, 1.54) is 4.57 Å². The molecule has 2 fully saturated rings. The van der Waals surface area contributed by atoms with Gasteiger partial charge in [-0.25, -0.2) is 9.97 Å². The van der Waals surface area contributed by atoms with Gasteiger partial charge in [0, 0.05) is 49.2 Å². The van der Waals surface area contributed by atoms with Gasteiger partial charge in [0.05, 0.1) is 5.69 Å². The lowest BCUT2D eigenvalue weighted by Gasteiger charge is -2.39. The number of anilines is 1. The van der Waals surface area contributed by atoms with Gasteiger partial charge in [0.2, 0.25) is 0 Å². The third kappa shape index (κ3) is 2.88. The standard InChI is InChI=1S/C21H24N6O3/c1-11-12(2)30-25-18(11)21(29)27-14-4-5-15(27)9-13(8-14)24-16-10-17(28)26(3)20-19(16)22-6-7-23-20/h6-7,10,13-15,24H,4-5,8-9H2,1-3H3/t13?,14-,15+. The molecule has 3 aromatic heterocycles. The van der Waals surface area contributed by atoms with Crippen LogP contribution >= 0.6 is 0 Å². The zero-order chi connectivity index (χ0) is 21.0. The largest absolute Gasteiger partial charge is 0.380 e. The summed E-state index contributed by atoms with van der Waals surface area (Å²) in [6.45, 7) is 3.69. The van der Waals surface area contributed by atoms with E-state index >= 15 is 0 Å². The van der Waals surface area contributed by atoms with Crippen molar-refractivity contribution < 1.29 is 9.32 Å². The SMILES string of the molecule is Cc1onc(C(=O)N2[C@@H]3CC[C@H]2CC(Nc2cc(=O)n(C)c4nccnc24)C3)c1C. The molecule has 2 aliphatic rings. The Labute approximate surface area is 173 Å². The third-order valence-electron chi connectivity index (χ3n) is 6.54. The molecule has 9 heteroatoms. The van der Waals surface area contributed by atoms with Crippen molar-refractivity contribution in [1.82, 2.24) is 24.6 Å². The molecule has 1 N–H and O–H groups in total. The fourth-order valence-electron chi connectivity index (χ4n) is 4.86. The van der Waals surface area contributed by atoms with E-state index in [2.05, 4.69) is 20.4 Å². The first kappa shape index (κ1) is 18.8. The summed E-state index contributed by atoms with van der Waals surface area (Å²) in [5, 5.41) is 7.51. The van der Waals surface area contributed by atoms with Crippen LogP contribution in [0.1, 0.15) is 47.5 Å². The number of carbonyl (C=O) groups is 1. The number of carbonyl (C=O) groups excluding carboxylic acids is 1. The molecule has 3 atom stereocenters. The predicted molar refractivity (Wildman–Crippen MR) is 110 cm³/mol. The minimum Gasteiger partial charge on any atom is -0.380 e. The van der Waals surface area contributed by atoms with Gasteiger partial charge < -0.3 is 14.7 Å². The van der Waals surface area contributed by atoms with E-state index in [-0.39, 0.29) is 29.6 Å². The molecule has 0 saturated carbocycles. The summed E-state index contributed by atoms with van der Waals surface area (Å²) in [4.78, 5) is 36.2. The highest BCUT2D eigenvalue weighted by Gasteiger charge is 2.44. The number of fused-ring (bicyclic) bond motifs is 3.